The van der Waals surface area contributed by atoms with Crippen molar-refractivity contribution in [3.63, 3.8) is 0 Å². The van der Waals surface area contributed by atoms with Gasteiger partial charge in [0.1, 0.15) is 11.6 Å². The summed E-state index contributed by atoms with van der Waals surface area (Å²) in [5.41, 5.74) is 1.36. The smallest absolute Gasteiger partial charge is 0.255 e. The van der Waals surface area contributed by atoms with Crippen LogP contribution in [0.25, 0.3) is 0 Å². The molecule has 0 bridgehead atoms. The van der Waals surface area contributed by atoms with Crippen LogP contribution in [0.3, 0.4) is 0 Å². The van der Waals surface area contributed by atoms with Gasteiger partial charge < -0.3 is 10.1 Å². The maximum atomic E-state index is 13.5. The van der Waals surface area contributed by atoms with Gasteiger partial charge >= 0.3 is 0 Å². The highest BCUT2D eigenvalue weighted by Gasteiger charge is 2.11. The fourth-order valence-electron chi connectivity index (χ4n) is 1.78. The monoisotopic (exact) mass is 273 g/mol. The zero-order chi connectivity index (χ0) is 14.5. The molecule has 0 spiro atoms. The molecule has 0 unspecified atom stereocenters. The van der Waals surface area contributed by atoms with Gasteiger partial charge in [-0.25, -0.2) is 4.39 Å². The van der Waals surface area contributed by atoms with Crippen molar-refractivity contribution in [3.8, 4) is 5.75 Å². The fraction of sp³-hybridized carbons (Fsp3) is 0.188. The maximum absolute atomic E-state index is 13.5. The number of rotatable bonds is 4. The highest BCUT2D eigenvalue weighted by molar-refractivity contribution is 6.05. The molecule has 3 nitrogen and oxygen atoms in total. The highest BCUT2D eigenvalue weighted by Crippen LogP contribution is 2.24. The number of benzene rings is 2. The van der Waals surface area contributed by atoms with E-state index in [2.05, 4.69) is 5.32 Å². The van der Waals surface area contributed by atoms with Gasteiger partial charge in [0.15, 0.2) is 0 Å². The lowest BCUT2D eigenvalue weighted by atomic mass is 10.1. The van der Waals surface area contributed by atoms with Crippen LogP contribution in [0, 0.1) is 12.7 Å². The van der Waals surface area contributed by atoms with Gasteiger partial charge in [-0.1, -0.05) is 18.2 Å². The molecule has 0 aromatic heterocycles. The van der Waals surface area contributed by atoms with Crippen LogP contribution >= 0.6 is 0 Å². The van der Waals surface area contributed by atoms with Crippen molar-refractivity contribution in [1.82, 2.24) is 0 Å². The molecule has 0 heterocycles. The standard InChI is InChI=1S/C16H16FNO2/c1-3-20-15-7-5-4-6-14(15)18-16(19)12-9-8-11(2)13(17)10-12/h4-10H,3H2,1-2H3,(H,18,19). The Hall–Kier alpha value is -2.36. The average molecular weight is 273 g/mol. The van der Waals surface area contributed by atoms with Crippen molar-refractivity contribution in [1.29, 1.82) is 0 Å². The maximum Gasteiger partial charge on any atom is 0.255 e. The predicted molar refractivity (Wildman–Crippen MR) is 76.7 cm³/mol. The van der Waals surface area contributed by atoms with E-state index in [-0.39, 0.29) is 11.5 Å². The van der Waals surface area contributed by atoms with Crippen molar-refractivity contribution >= 4 is 11.6 Å². The Morgan fingerprint density at radius 2 is 2.00 bits per heavy atom. The summed E-state index contributed by atoms with van der Waals surface area (Å²) in [4.78, 5) is 12.1. The number of carbonyl (C=O) groups is 1. The van der Waals surface area contributed by atoms with Gasteiger partial charge in [-0.05, 0) is 43.7 Å². The molecule has 1 N–H and O–H groups in total. The molecule has 0 saturated heterocycles. The minimum Gasteiger partial charge on any atom is -0.492 e. The predicted octanol–water partition coefficient (Wildman–Crippen LogP) is 3.79. The molecule has 0 aliphatic rings. The van der Waals surface area contributed by atoms with Crippen LogP contribution < -0.4 is 10.1 Å². The minimum absolute atomic E-state index is 0.277. The normalized spacial score (nSPS) is 10.2. The number of nitrogens with one attached hydrogen (secondary N) is 1. The summed E-state index contributed by atoms with van der Waals surface area (Å²) in [5.74, 6) is -0.164. The summed E-state index contributed by atoms with van der Waals surface area (Å²) in [7, 11) is 0. The molecule has 0 aliphatic carbocycles. The topological polar surface area (TPSA) is 38.3 Å². The quantitative estimate of drug-likeness (QED) is 0.920. The molecule has 2 rings (SSSR count). The number of hydrogen-bond donors (Lipinski definition) is 1. The van der Waals surface area contributed by atoms with Crippen molar-refractivity contribution < 1.29 is 13.9 Å². The Balaban J connectivity index is 2.21. The lowest BCUT2D eigenvalue weighted by molar-refractivity contribution is 0.102. The Labute approximate surface area is 117 Å². The Bertz CT molecular complexity index is 626. The van der Waals surface area contributed by atoms with Gasteiger partial charge in [0, 0.05) is 5.56 Å². The Morgan fingerprint density at radius 3 is 2.70 bits per heavy atom. The molecule has 4 heteroatoms. The molecule has 20 heavy (non-hydrogen) atoms. The van der Waals surface area contributed by atoms with Gasteiger partial charge in [-0.2, -0.15) is 0 Å². The SMILES string of the molecule is CCOc1ccccc1NC(=O)c1ccc(C)c(F)c1. The van der Waals surface area contributed by atoms with Gasteiger partial charge in [0.25, 0.3) is 5.91 Å². The first kappa shape index (κ1) is 14.1. The zero-order valence-electron chi connectivity index (χ0n) is 11.4. The molecular formula is C16H16FNO2. The van der Waals surface area contributed by atoms with E-state index in [1.54, 1.807) is 37.3 Å². The molecule has 1 amide bonds. The second kappa shape index (κ2) is 6.19. The van der Waals surface area contributed by atoms with E-state index in [9.17, 15) is 9.18 Å². The first-order valence-electron chi connectivity index (χ1n) is 6.41. The molecule has 104 valence electrons. The second-order valence-corrected chi connectivity index (χ2v) is 4.35. The van der Waals surface area contributed by atoms with Crippen LogP contribution in [-0.4, -0.2) is 12.5 Å². The van der Waals surface area contributed by atoms with E-state index in [1.165, 1.54) is 6.07 Å². The fourth-order valence-corrected chi connectivity index (χ4v) is 1.78. The largest absolute Gasteiger partial charge is 0.492 e. The molecule has 0 radical (unpaired) electrons. The second-order valence-electron chi connectivity index (χ2n) is 4.35. The molecule has 2 aromatic carbocycles. The Morgan fingerprint density at radius 1 is 1.25 bits per heavy atom. The van der Waals surface area contributed by atoms with Gasteiger partial charge in [-0.15, -0.1) is 0 Å². The highest BCUT2D eigenvalue weighted by atomic mass is 19.1. The minimum atomic E-state index is -0.393. The van der Waals surface area contributed by atoms with E-state index < -0.39 is 5.82 Å². The molecular weight excluding hydrogens is 257 g/mol. The van der Waals surface area contributed by atoms with E-state index in [0.717, 1.165) is 0 Å². The lowest BCUT2D eigenvalue weighted by Gasteiger charge is -2.11. The van der Waals surface area contributed by atoms with E-state index in [0.29, 0.717) is 23.6 Å². The van der Waals surface area contributed by atoms with E-state index >= 15 is 0 Å². The zero-order valence-corrected chi connectivity index (χ0v) is 11.4. The van der Waals surface area contributed by atoms with E-state index in [4.69, 9.17) is 4.74 Å². The first-order chi connectivity index (χ1) is 9.61. The Kier molecular flexibility index (Phi) is 4.35. The molecule has 0 aliphatic heterocycles. The number of carbonyl (C=O) groups excluding carboxylic acids is 1. The first-order valence-corrected chi connectivity index (χ1v) is 6.41. The number of halogens is 1. The van der Waals surface area contributed by atoms with Gasteiger partial charge in [0.05, 0.1) is 12.3 Å². The molecule has 0 atom stereocenters. The third kappa shape index (κ3) is 3.15. The van der Waals surface area contributed by atoms with Crippen molar-refractivity contribution in [2.45, 2.75) is 13.8 Å². The van der Waals surface area contributed by atoms with Crippen LogP contribution in [0.15, 0.2) is 42.5 Å². The number of amides is 1. The number of aryl methyl sites for hydroxylation is 1. The molecule has 0 fully saturated rings. The van der Waals surface area contributed by atoms with Gasteiger partial charge in [-0.3, -0.25) is 4.79 Å². The van der Waals surface area contributed by atoms with Crippen LogP contribution in [0.4, 0.5) is 10.1 Å². The summed E-state index contributed by atoms with van der Waals surface area (Å²) in [6.07, 6.45) is 0. The summed E-state index contributed by atoms with van der Waals surface area (Å²) in [6, 6.07) is 11.5. The van der Waals surface area contributed by atoms with Crippen molar-refractivity contribution in [3.05, 3.63) is 59.4 Å². The van der Waals surface area contributed by atoms with Crippen LogP contribution in [0.5, 0.6) is 5.75 Å². The van der Waals surface area contributed by atoms with Crippen LogP contribution in [0.1, 0.15) is 22.8 Å². The summed E-state index contributed by atoms with van der Waals surface area (Å²) < 4.78 is 18.9. The summed E-state index contributed by atoms with van der Waals surface area (Å²) in [6.45, 7) is 4.03. The molecule has 2 aromatic rings. The van der Waals surface area contributed by atoms with Crippen LogP contribution in [0.2, 0.25) is 0 Å². The number of ether oxygens (including phenoxy) is 1. The summed E-state index contributed by atoms with van der Waals surface area (Å²) in [5, 5.41) is 2.73. The van der Waals surface area contributed by atoms with Crippen molar-refractivity contribution in [2.75, 3.05) is 11.9 Å². The van der Waals surface area contributed by atoms with E-state index in [1.807, 2.05) is 13.0 Å². The third-order valence-electron chi connectivity index (χ3n) is 2.87. The lowest BCUT2D eigenvalue weighted by Crippen LogP contribution is -2.13. The van der Waals surface area contributed by atoms with Crippen molar-refractivity contribution in [2.24, 2.45) is 0 Å². The summed E-state index contributed by atoms with van der Waals surface area (Å²) >= 11 is 0. The number of anilines is 1. The average Bonchev–Trinajstić information content (AvgIpc) is 2.44. The third-order valence-corrected chi connectivity index (χ3v) is 2.87. The van der Waals surface area contributed by atoms with Gasteiger partial charge in [0.2, 0.25) is 0 Å². The number of hydrogen-bond acceptors (Lipinski definition) is 2. The van der Waals surface area contributed by atoms with Crippen LogP contribution in [-0.2, 0) is 0 Å². The number of para-hydroxylation sites is 2. The molecule has 0 saturated carbocycles.